The second kappa shape index (κ2) is 5.49. The number of nitrogens with zero attached hydrogens (tertiary/aromatic N) is 4. The lowest BCUT2D eigenvalue weighted by Gasteiger charge is -2.02. The van der Waals surface area contributed by atoms with Crippen molar-refractivity contribution in [1.82, 2.24) is 24.5 Å². The first-order chi connectivity index (χ1) is 10.1. The number of aryl methyl sites for hydroxylation is 1. The second-order valence-corrected chi connectivity index (χ2v) is 5.67. The highest BCUT2D eigenvalue weighted by atomic mass is 32.1. The van der Waals surface area contributed by atoms with Crippen LogP contribution in [0.3, 0.4) is 0 Å². The van der Waals surface area contributed by atoms with Crippen LogP contribution in [0.15, 0.2) is 35.4 Å². The molecule has 21 heavy (non-hydrogen) atoms. The molecule has 0 aliphatic rings. The molecule has 0 saturated heterocycles. The minimum Gasteiger partial charge on any atom is -0.349 e. The van der Waals surface area contributed by atoms with Crippen molar-refractivity contribution >= 4 is 22.9 Å². The summed E-state index contributed by atoms with van der Waals surface area (Å²) in [7, 11) is 0. The predicted octanol–water partition coefficient (Wildman–Crippen LogP) is 0.691. The Morgan fingerprint density at radius 1 is 1.43 bits per heavy atom. The van der Waals surface area contributed by atoms with Crippen LogP contribution in [0.1, 0.15) is 14.7 Å². The van der Waals surface area contributed by atoms with Gasteiger partial charge in [0.2, 0.25) is 0 Å². The molecule has 0 aliphatic heterocycles. The van der Waals surface area contributed by atoms with Gasteiger partial charge in [-0.1, -0.05) is 6.07 Å². The van der Waals surface area contributed by atoms with E-state index in [-0.39, 0.29) is 11.6 Å². The molecule has 0 aliphatic carbocycles. The number of pyridine rings is 1. The zero-order valence-corrected chi connectivity index (χ0v) is 12.1. The Morgan fingerprint density at radius 2 is 2.29 bits per heavy atom. The van der Waals surface area contributed by atoms with E-state index in [1.165, 1.54) is 20.4 Å². The van der Waals surface area contributed by atoms with Crippen LogP contribution < -0.4 is 11.0 Å². The number of rotatable bonds is 4. The van der Waals surface area contributed by atoms with Crippen molar-refractivity contribution in [3.05, 3.63) is 51.0 Å². The molecule has 1 N–H and O–H groups in total. The minimum atomic E-state index is -0.214. The molecule has 0 unspecified atom stereocenters. The van der Waals surface area contributed by atoms with Crippen LogP contribution >= 0.6 is 11.3 Å². The summed E-state index contributed by atoms with van der Waals surface area (Å²) in [6.07, 6.45) is 3.21. The highest BCUT2D eigenvalue weighted by molar-refractivity contribution is 7.13. The van der Waals surface area contributed by atoms with Crippen LogP contribution in [-0.2, 0) is 6.54 Å². The molecule has 0 atom stereocenters. The average molecular weight is 303 g/mol. The molecule has 0 aromatic carbocycles. The summed E-state index contributed by atoms with van der Waals surface area (Å²) in [5.74, 6) is -0.183. The Balaban J connectivity index is 1.66. The molecule has 3 aromatic rings. The van der Waals surface area contributed by atoms with Gasteiger partial charge in [0.25, 0.3) is 5.91 Å². The summed E-state index contributed by atoms with van der Waals surface area (Å²) < 4.78 is 2.81. The summed E-state index contributed by atoms with van der Waals surface area (Å²) in [5.41, 5.74) is 0.375. The van der Waals surface area contributed by atoms with Gasteiger partial charge >= 0.3 is 5.69 Å². The topological polar surface area (TPSA) is 81.3 Å². The largest absolute Gasteiger partial charge is 0.350 e. The monoisotopic (exact) mass is 303 g/mol. The Morgan fingerprint density at radius 3 is 3.00 bits per heavy atom. The molecule has 8 heteroatoms. The van der Waals surface area contributed by atoms with Crippen LogP contribution in [0.25, 0.3) is 5.65 Å². The van der Waals surface area contributed by atoms with Gasteiger partial charge in [-0.2, -0.15) is 0 Å². The number of hydrogen-bond donors (Lipinski definition) is 1. The van der Waals surface area contributed by atoms with Crippen LogP contribution in [0, 0.1) is 6.92 Å². The quantitative estimate of drug-likeness (QED) is 0.769. The Kier molecular flexibility index (Phi) is 3.53. The fraction of sp³-hybridized carbons (Fsp3) is 0.231. The standard InChI is InChI=1S/C13H13N5O2S/c1-9-15-8-10(21-9)12(19)14-5-7-18-13(20)17-6-3-2-4-11(17)16-18/h2-4,6,8H,5,7H2,1H3,(H,14,19). The number of thiazole rings is 1. The van der Waals surface area contributed by atoms with Crippen molar-refractivity contribution in [3.63, 3.8) is 0 Å². The van der Waals surface area contributed by atoms with Gasteiger partial charge in [0.05, 0.1) is 17.7 Å². The first-order valence-corrected chi connectivity index (χ1v) is 7.21. The summed E-state index contributed by atoms with van der Waals surface area (Å²) in [6, 6.07) is 5.35. The fourth-order valence-electron chi connectivity index (χ4n) is 1.94. The van der Waals surface area contributed by atoms with Crippen LogP contribution in [0.5, 0.6) is 0 Å². The van der Waals surface area contributed by atoms with E-state index in [4.69, 9.17) is 0 Å². The molecule has 0 fully saturated rings. The average Bonchev–Trinajstić information content (AvgIpc) is 3.04. The first-order valence-electron chi connectivity index (χ1n) is 6.40. The van der Waals surface area contributed by atoms with E-state index in [2.05, 4.69) is 15.4 Å². The van der Waals surface area contributed by atoms with E-state index in [1.807, 2.05) is 13.0 Å². The minimum absolute atomic E-state index is 0.183. The van der Waals surface area contributed by atoms with Crippen molar-refractivity contribution < 1.29 is 4.79 Å². The first kappa shape index (κ1) is 13.5. The number of fused-ring (bicyclic) bond motifs is 1. The smallest absolute Gasteiger partial charge is 0.349 e. The lowest BCUT2D eigenvalue weighted by Crippen LogP contribution is -2.30. The van der Waals surface area contributed by atoms with Gasteiger partial charge in [-0.25, -0.2) is 14.5 Å². The Labute approximate surface area is 123 Å². The summed E-state index contributed by atoms with van der Waals surface area (Å²) in [5, 5.41) is 7.79. The van der Waals surface area contributed by atoms with Crippen molar-refractivity contribution in [2.75, 3.05) is 6.54 Å². The van der Waals surface area contributed by atoms with Crippen molar-refractivity contribution in [2.24, 2.45) is 0 Å². The van der Waals surface area contributed by atoms with Crippen LogP contribution in [0.4, 0.5) is 0 Å². The van der Waals surface area contributed by atoms with E-state index < -0.39 is 0 Å². The van der Waals surface area contributed by atoms with Gasteiger partial charge in [-0.15, -0.1) is 16.4 Å². The molecule has 7 nitrogen and oxygen atoms in total. The van der Waals surface area contributed by atoms with Crippen molar-refractivity contribution in [3.8, 4) is 0 Å². The van der Waals surface area contributed by atoms with Gasteiger partial charge in [0.15, 0.2) is 5.65 Å². The summed E-state index contributed by atoms with van der Waals surface area (Å²) in [6.45, 7) is 2.50. The number of carbonyl (C=O) groups excluding carboxylic acids is 1. The third kappa shape index (κ3) is 2.70. The predicted molar refractivity (Wildman–Crippen MR) is 78.6 cm³/mol. The van der Waals surface area contributed by atoms with Gasteiger partial charge in [-0.05, 0) is 19.1 Å². The van der Waals surface area contributed by atoms with Crippen LogP contribution in [0.2, 0.25) is 0 Å². The molecule has 3 heterocycles. The number of amides is 1. The van der Waals surface area contributed by atoms with Crippen LogP contribution in [-0.4, -0.2) is 31.6 Å². The van der Waals surface area contributed by atoms with Crippen molar-refractivity contribution in [2.45, 2.75) is 13.5 Å². The molecule has 0 radical (unpaired) electrons. The summed E-state index contributed by atoms with van der Waals surface area (Å²) >= 11 is 1.34. The fourth-order valence-corrected chi connectivity index (χ4v) is 2.64. The Bertz CT molecular complexity index is 847. The van der Waals surface area contributed by atoms with E-state index in [0.29, 0.717) is 23.6 Å². The molecular weight excluding hydrogens is 290 g/mol. The third-order valence-electron chi connectivity index (χ3n) is 2.94. The molecule has 3 aromatic heterocycles. The number of carbonyl (C=O) groups is 1. The zero-order valence-electron chi connectivity index (χ0n) is 11.3. The van der Waals surface area contributed by atoms with E-state index in [9.17, 15) is 9.59 Å². The molecule has 0 bridgehead atoms. The number of nitrogens with one attached hydrogen (secondary N) is 1. The van der Waals surface area contributed by atoms with Crippen molar-refractivity contribution in [1.29, 1.82) is 0 Å². The molecule has 108 valence electrons. The maximum Gasteiger partial charge on any atom is 0.350 e. The molecule has 3 rings (SSSR count). The maximum absolute atomic E-state index is 12.0. The normalized spacial score (nSPS) is 10.9. The van der Waals surface area contributed by atoms with Gasteiger partial charge in [0, 0.05) is 12.7 Å². The molecule has 0 saturated carbocycles. The lowest BCUT2D eigenvalue weighted by molar-refractivity contribution is 0.0955. The Hall–Kier alpha value is -2.48. The van der Waals surface area contributed by atoms with Gasteiger partial charge < -0.3 is 5.32 Å². The second-order valence-electron chi connectivity index (χ2n) is 4.43. The zero-order chi connectivity index (χ0) is 14.8. The number of hydrogen-bond acceptors (Lipinski definition) is 5. The van der Waals surface area contributed by atoms with E-state index in [1.54, 1.807) is 24.5 Å². The van der Waals surface area contributed by atoms with Gasteiger partial charge in [-0.3, -0.25) is 9.20 Å². The SMILES string of the molecule is Cc1ncc(C(=O)NCCn2nc3ccccn3c2=O)s1. The lowest BCUT2D eigenvalue weighted by atomic mass is 10.5. The summed E-state index contributed by atoms with van der Waals surface area (Å²) in [4.78, 5) is 28.5. The van der Waals surface area contributed by atoms with E-state index in [0.717, 1.165) is 5.01 Å². The molecular formula is C13H13N5O2S. The number of aromatic nitrogens is 4. The molecule has 1 amide bonds. The van der Waals surface area contributed by atoms with Gasteiger partial charge in [0.1, 0.15) is 4.88 Å². The molecule has 0 spiro atoms. The van der Waals surface area contributed by atoms with E-state index >= 15 is 0 Å². The third-order valence-corrected chi connectivity index (χ3v) is 3.85. The maximum atomic E-state index is 12.0. The highest BCUT2D eigenvalue weighted by Gasteiger charge is 2.09. The highest BCUT2D eigenvalue weighted by Crippen LogP contribution is 2.10.